The molecule has 0 spiro atoms. The molecule has 0 bridgehead atoms. The van der Waals surface area contributed by atoms with Gasteiger partial charge in [0, 0.05) is 17.6 Å². The number of hydrogen-bond acceptors (Lipinski definition) is 5. The van der Waals surface area contributed by atoms with Crippen LogP contribution in [0.25, 0.3) is 0 Å². The Morgan fingerprint density at radius 3 is 3.04 bits per heavy atom. The minimum Gasteiger partial charge on any atom is -0.417 e. The molecule has 1 aliphatic rings. The summed E-state index contributed by atoms with van der Waals surface area (Å²) in [4.78, 5) is 14.5. The van der Waals surface area contributed by atoms with Gasteiger partial charge in [0.25, 0.3) is 0 Å². The number of hydrogen-bond donors (Lipinski definition) is 1. The molecule has 2 heterocycles. The van der Waals surface area contributed by atoms with Crippen LogP contribution in [-0.2, 0) is 6.42 Å². The first-order valence-electron chi connectivity index (χ1n) is 8.25. The minimum atomic E-state index is -0.323. The van der Waals surface area contributed by atoms with Crippen LogP contribution in [0.1, 0.15) is 41.9 Å². The Kier molecular flexibility index (Phi) is 5.48. The molecule has 128 valence electrons. The first kappa shape index (κ1) is 16.9. The van der Waals surface area contributed by atoms with E-state index < -0.39 is 0 Å². The average molecular weight is 349 g/mol. The zero-order valence-electron chi connectivity index (χ0n) is 13.7. The van der Waals surface area contributed by atoms with Crippen molar-refractivity contribution in [1.29, 1.82) is 0 Å². The standard InChI is InChI=1S/C17H21ClN4O2/c1-2-22-9-5-7-13(22)11-19-16(23)17-21-20-15(24-17)10-12-6-3-4-8-14(12)18/h3-4,6,8,13H,2,5,7,9-11H2,1H3,(H,19,23). The second-order valence-electron chi connectivity index (χ2n) is 5.90. The molecule has 24 heavy (non-hydrogen) atoms. The minimum absolute atomic E-state index is 0.00176. The lowest BCUT2D eigenvalue weighted by atomic mass is 10.1. The quantitative estimate of drug-likeness (QED) is 0.868. The van der Waals surface area contributed by atoms with Crippen molar-refractivity contribution < 1.29 is 9.21 Å². The van der Waals surface area contributed by atoms with Gasteiger partial charge in [-0.25, -0.2) is 0 Å². The summed E-state index contributed by atoms with van der Waals surface area (Å²) < 4.78 is 5.47. The average Bonchev–Trinajstić information content (AvgIpc) is 3.23. The van der Waals surface area contributed by atoms with Gasteiger partial charge in [0.2, 0.25) is 5.89 Å². The molecule has 1 fully saturated rings. The van der Waals surface area contributed by atoms with Crippen LogP contribution in [0, 0.1) is 0 Å². The van der Waals surface area contributed by atoms with Crippen molar-refractivity contribution in [3.63, 3.8) is 0 Å². The Morgan fingerprint density at radius 1 is 1.42 bits per heavy atom. The molecule has 6 nitrogen and oxygen atoms in total. The van der Waals surface area contributed by atoms with E-state index >= 15 is 0 Å². The molecular weight excluding hydrogens is 328 g/mol. The number of aromatic nitrogens is 2. The van der Waals surface area contributed by atoms with Crippen LogP contribution in [0.5, 0.6) is 0 Å². The number of nitrogens with one attached hydrogen (secondary N) is 1. The maximum Gasteiger partial charge on any atom is 0.308 e. The molecule has 1 unspecified atom stereocenters. The monoisotopic (exact) mass is 348 g/mol. The van der Waals surface area contributed by atoms with Crippen molar-refractivity contribution in [2.75, 3.05) is 19.6 Å². The van der Waals surface area contributed by atoms with Gasteiger partial charge in [-0.05, 0) is 37.6 Å². The number of nitrogens with zero attached hydrogens (tertiary/aromatic N) is 3. The third kappa shape index (κ3) is 3.94. The van der Waals surface area contributed by atoms with Crippen LogP contribution in [0.4, 0.5) is 0 Å². The van der Waals surface area contributed by atoms with Crippen molar-refractivity contribution in [1.82, 2.24) is 20.4 Å². The highest BCUT2D eigenvalue weighted by Gasteiger charge is 2.24. The summed E-state index contributed by atoms with van der Waals surface area (Å²) in [5.41, 5.74) is 0.888. The third-order valence-corrected chi connectivity index (χ3v) is 4.73. The van der Waals surface area contributed by atoms with Gasteiger partial charge in [-0.2, -0.15) is 0 Å². The lowest BCUT2D eigenvalue weighted by molar-refractivity contribution is 0.0905. The van der Waals surface area contributed by atoms with E-state index in [-0.39, 0.29) is 11.8 Å². The summed E-state index contributed by atoms with van der Waals surface area (Å²) in [6, 6.07) is 7.85. The van der Waals surface area contributed by atoms with Gasteiger partial charge >= 0.3 is 11.8 Å². The fourth-order valence-electron chi connectivity index (χ4n) is 3.05. The molecule has 7 heteroatoms. The summed E-state index contributed by atoms with van der Waals surface area (Å²) in [5, 5.41) is 11.3. The molecule has 0 aliphatic carbocycles. The third-order valence-electron chi connectivity index (χ3n) is 4.36. The van der Waals surface area contributed by atoms with E-state index in [4.69, 9.17) is 16.0 Å². The molecule has 1 aromatic heterocycles. The second-order valence-corrected chi connectivity index (χ2v) is 6.31. The van der Waals surface area contributed by atoms with E-state index in [1.807, 2.05) is 24.3 Å². The van der Waals surface area contributed by atoms with E-state index in [2.05, 4.69) is 27.3 Å². The van der Waals surface area contributed by atoms with Crippen molar-refractivity contribution in [3.05, 3.63) is 46.6 Å². The number of carbonyl (C=O) groups is 1. The predicted molar refractivity (Wildman–Crippen MR) is 91.2 cm³/mol. The Morgan fingerprint density at radius 2 is 2.25 bits per heavy atom. The van der Waals surface area contributed by atoms with Crippen LogP contribution in [0.3, 0.4) is 0 Å². The van der Waals surface area contributed by atoms with Crippen LogP contribution in [0.15, 0.2) is 28.7 Å². The van der Waals surface area contributed by atoms with Crippen LogP contribution >= 0.6 is 11.6 Å². The molecule has 1 aliphatic heterocycles. The van der Waals surface area contributed by atoms with Gasteiger partial charge in [0.1, 0.15) is 0 Å². The van der Waals surface area contributed by atoms with E-state index in [9.17, 15) is 4.79 Å². The molecule has 1 N–H and O–H groups in total. The van der Waals surface area contributed by atoms with Gasteiger partial charge in [0.05, 0.1) is 6.42 Å². The van der Waals surface area contributed by atoms with Gasteiger partial charge in [-0.1, -0.05) is 36.7 Å². The number of likely N-dealkylation sites (tertiary alicyclic amines) is 1. The summed E-state index contributed by atoms with van der Waals surface area (Å²) in [6.45, 7) is 4.84. The van der Waals surface area contributed by atoms with Crippen LogP contribution < -0.4 is 5.32 Å². The van der Waals surface area contributed by atoms with E-state index in [0.717, 1.165) is 25.1 Å². The summed E-state index contributed by atoms with van der Waals surface area (Å²) in [5.74, 6) is 0.0539. The number of benzene rings is 1. The molecule has 1 aromatic carbocycles. The van der Waals surface area contributed by atoms with Gasteiger partial charge in [0.15, 0.2) is 0 Å². The second kappa shape index (κ2) is 7.77. The van der Waals surface area contributed by atoms with E-state index in [0.29, 0.717) is 29.9 Å². The first-order chi connectivity index (χ1) is 11.7. The molecule has 3 rings (SSSR count). The van der Waals surface area contributed by atoms with Crippen molar-refractivity contribution in [3.8, 4) is 0 Å². The highest BCUT2D eigenvalue weighted by Crippen LogP contribution is 2.18. The Bertz CT molecular complexity index is 703. The molecule has 1 amide bonds. The summed E-state index contributed by atoms with van der Waals surface area (Å²) in [7, 11) is 0. The first-order valence-corrected chi connectivity index (χ1v) is 8.63. The van der Waals surface area contributed by atoms with Crippen LogP contribution in [-0.4, -0.2) is 46.7 Å². The molecule has 1 atom stereocenters. The Labute approximate surface area is 146 Å². The van der Waals surface area contributed by atoms with Gasteiger partial charge < -0.3 is 9.73 Å². The van der Waals surface area contributed by atoms with E-state index in [1.54, 1.807) is 0 Å². The topological polar surface area (TPSA) is 71.3 Å². The number of likely N-dealkylation sites (N-methyl/N-ethyl adjacent to an activating group) is 1. The molecule has 0 radical (unpaired) electrons. The molecular formula is C17H21ClN4O2. The SMILES string of the molecule is CCN1CCCC1CNC(=O)c1nnc(Cc2ccccc2Cl)o1. The maximum absolute atomic E-state index is 12.2. The van der Waals surface area contributed by atoms with Gasteiger partial charge in [-0.15, -0.1) is 10.2 Å². The number of halogens is 1. The Hall–Kier alpha value is -1.92. The lowest BCUT2D eigenvalue weighted by Gasteiger charge is -2.22. The Balaban J connectivity index is 1.57. The number of rotatable bonds is 6. The summed E-state index contributed by atoms with van der Waals surface area (Å²) >= 11 is 6.12. The van der Waals surface area contributed by atoms with Crippen molar-refractivity contribution in [2.24, 2.45) is 0 Å². The lowest BCUT2D eigenvalue weighted by Crippen LogP contribution is -2.40. The molecule has 1 saturated heterocycles. The zero-order chi connectivity index (χ0) is 16.9. The smallest absolute Gasteiger partial charge is 0.308 e. The van der Waals surface area contributed by atoms with Gasteiger partial charge in [-0.3, -0.25) is 9.69 Å². The zero-order valence-corrected chi connectivity index (χ0v) is 14.4. The van der Waals surface area contributed by atoms with E-state index in [1.165, 1.54) is 6.42 Å². The fourth-order valence-corrected chi connectivity index (χ4v) is 3.25. The fraction of sp³-hybridized carbons (Fsp3) is 0.471. The highest BCUT2D eigenvalue weighted by atomic mass is 35.5. The largest absolute Gasteiger partial charge is 0.417 e. The van der Waals surface area contributed by atoms with Crippen molar-refractivity contribution >= 4 is 17.5 Å². The van der Waals surface area contributed by atoms with Crippen LogP contribution in [0.2, 0.25) is 5.02 Å². The highest BCUT2D eigenvalue weighted by molar-refractivity contribution is 6.31. The molecule has 2 aromatic rings. The maximum atomic E-state index is 12.2. The molecule has 0 saturated carbocycles. The number of carbonyl (C=O) groups excluding carboxylic acids is 1. The van der Waals surface area contributed by atoms with Crippen molar-refractivity contribution in [2.45, 2.75) is 32.2 Å². The summed E-state index contributed by atoms with van der Waals surface area (Å²) in [6.07, 6.45) is 2.69. The predicted octanol–water partition coefficient (Wildman–Crippen LogP) is 2.53. The number of amides is 1. The normalized spacial score (nSPS) is 18.0.